The molecule has 8 heteroatoms. The van der Waals surface area contributed by atoms with Gasteiger partial charge in [-0.1, -0.05) is 30.3 Å². The molecule has 0 bridgehead atoms. The van der Waals surface area contributed by atoms with Gasteiger partial charge in [0.05, 0.1) is 42.3 Å². The van der Waals surface area contributed by atoms with E-state index in [4.69, 9.17) is 14.1 Å². The number of furan rings is 1. The SMILES string of the molecule is Cc1cc(N2CCOCC2)ccc1NC(=O)c1cc(-c2ccccc2)nc2c1cnn2Cc1ccco1. The maximum atomic E-state index is 13.7. The van der Waals surface area contributed by atoms with Crippen LogP contribution in [0, 0.1) is 6.92 Å². The fraction of sp³-hybridized carbons (Fsp3) is 0.207. The first-order valence-electron chi connectivity index (χ1n) is 12.3. The van der Waals surface area contributed by atoms with Crippen LogP contribution in [0.25, 0.3) is 22.3 Å². The lowest BCUT2D eigenvalue weighted by Crippen LogP contribution is -2.36. The number of hydrogen-bond acceptors (Lipinski definition) is 6. The number of carbonyl (C=O) groups is 1. The van der Waals surface area contributed by atoms with E-state index in [1.54, 1.807) is 17.1 Å². The molecular formula is C29H27N5O3. The van der Waals surface area contributed by atoms with Gasteiger partial charge in [0, 0.05) is 30.0 Å². The Morgan fingerprint density at radius 2 is 1.86 bits per heavy atom. The molecule has 186 valence electrons. The molecule has 2 aromatic carbocycles. The van der Waals surface area contributed by atoms with Crippen LogP contribution in [0.2, 0.25) is 0 Å². The van der Waals surface area contributed by atoms with Crippen molar-refractivity contribution in [2.24, 2.45) is 0 Å². The van der Waals surface area contributed by atoms with Crippen LogP contribution >= 0.6 is 0 Å². The van der Waals surface area contributed by atoms with E-state index in [2.05, 4.69) is 21.4 Å². The molecule has 0 unspecified atom stereocenters. The lowest BCUT2D eigenvalue weighted by molar-refractivity contribution is 0.102. The molecule has 0 saturated carbocycles. The van der Waals surface area contributed by atoms with Crippen molar-refractivity contribution in [2.45, 2.75) is 13.5 Å². The van der Waals surface area contributed by atoms with E-state index in [-0.39, 0.29) is 5.91 Å². The zero-order valence-electron chi connectivity index (χ0n) is 20.6. The molecule has 0 radical (unpaired) electrons. The van der Waals surface area contributed by atoms with Crippen molar-refractivity contribution in [2.75, 3.05) is 36.5 Å². The van der Waals surface area contributed by atoms with E-state index in [0.717, 1.165) is 54.6 Å². The molecule has 0 spiro atoms. The van der Waals surface area contributed by atoms with Crippen LogP contribution in [0.1, 0.15) is 21.7 Å². The molecule has 1 saturated heterocycles. The highest BCUT2D eigenvalue weighted by molar-refractivity contribution is 6.13. The van der Waals surface area contributed by atoms with Crippen molar-refractivity contribution in [1.82, 2.24) is 14.8 Å². The van der Waals surface area contributed by atoms with Crippen LogP contribution in [-0.4, -0.2) is 47.0 Å². The fourth-order valence-corrected chi connectivity index (χ4v) is 4.65. The van der Waals surface area contributed by atoms with Gasteiger partial charge in [-0.25, -0.2) is 9.67 Å². The van der Waals surface area contributed by atoms with Gasteiger partial charge in [0.2, 0.25) is 0 Å². The highest BCUT2D eigenvalue weighted by Gasteiger charge is 2.19. The van der Waals surface area contributed by atoms with Crippen molar-refractivity contribution in [3.63, 3.8) is 0 Å². The number of benzene rings is 2. The third-order valence-electron chi connectivity index (χ3n) is 6.64. The molecule has 1 aliphatic heterocycles. The summed E-state index contributed by atoms with van der Waals surface area (Å²) in [6, 6.07) is 21.5. The molecule has 4 heterocycles. The number of amides is 1. The second kappa shape index (κ2) is 9.91. The van der Waals surface area contributed by atoms with Crippen molar-refractivity contribution in [3.8, 4) is 11.3 Å². The Bertz CT molecular complexity index is 1540. The zero-order valence-corrected chi connectivity index (χ0v) is 20.6. The molecule has 1 amide bonds. The summed E-state index contributed by atoms with van der Waals surface area (Å²) >= 11 is 0. The lowest BCUT2D eigenvalue weighted by Gasteiger charge is -2.29. The van der Waals surface area contributed by atoms with E-state index in [1.807, 2.05) is 67.6 Å². The predicted molar refractivity (Wildman–Crippen MR) is 143 cm³/mol. The van der Waals surface area contributed by atoms with Crippen LogP contribution in [0.15, 0.2) is 83.6 Å². The third-order valence-corrected chi connectivity index (χ3v) is 6.64. The van der Waals surface area contributed by atoms with Crippen molar-refractivity contribution in [1.29, 1.82) is 0 Å². The number of ether oxygens (including phenoxy) is 1. The first kappa shape index (κ1) is 23.0. The van der Waals surface area contributed by atoms with Gasteiger partial charge in [-0.3, -0.25) is 4.79 Å². The van der Waals surface area contributed by atoms with Gasteiger partial charge in [0.15, 0.2) is 5.65 Å². The summed E-state index contributed by atoms with van der Waals surface area (Å²) in [6.45, 7) is 5.62. The van der Waals surface area contributed by atoms with Crippen LogP contribution in [-0.2, 0) is 11.3 Å². The minimum Gasteiger partial charge on any atom is -0.467 e. The Hall–Kier alpha value is -4.43. The summed E-state index contributed by atoms with van der Waals surface area (Å²) in [7, 11) is 0. The van der Waals surface area contributed by atoms with E-state index in [1.165, 1.54) is 0 Å². The Balaban J connectivity index is 1.35. The Morgan fingerprint density at radius 3 is 2.62 bits per heavy atom. The predicted octanol–water partition coefficient (Wildman–Crippen LogP) is 5.14. The van der Waals surface area contributed by atoms with Gasteiger partial charge < -0.3 is 19.4 Å². The van der Waals surface area contributed by atoms with E-state index in [0.29, 0.717) is 28.8 Å². The number of hydrogen-bond donors (Lipinski definition) is 1. The highest BCUT2D eigenvalue weighted by Crippen LogP contribution is 2.28. The Labute approximate surface area is 214 Å². The zero-order chi connectivity index (χ0) is 25.2. The Morgan fingerprint density at radius 1 is 1.03 bits per heavy atom. The molecular weight excluding hydrogens is 466 g/mol. The van der Waals surface area contributed by atoms with Crippen LogP contribution in [0.4, 0.5) is 11.4 Å². The smallest absolute Gasteiger partial charge is 0.256 e. The third kappa shape index (κ3) is 4.71. The van der Waals surface area contributed by atoms with Crippen molar-refractivity contribution >= 4 is 28.3 Å². The second-order valence-electron chi connectivity index (χ2n) is 9.09. The lowest BCUT2D eigenvalue weighted by atomic mass is 10.1. The van der Waals surface area contributed by atoms with Gasteiger partial charge in [-0.05, 0) is 48.9 Å². The molecule has 1 N–H and O–H groups in total. The number of fused-ring (bicyclic) bond motifs is 1. The summed E-state index contributed by atoms with van der Waals surface area (Å²) in [4.78, 5) is 20.8. The monoisotopic (exact) mass is 493 g/mol. The molecule has 8 nitrogen and oxygen atoms in total. The summed E-state index contributed by atoms with van der Waals surface area (Å²) in [5.41, 5.74) is 5.69. The molecule has 37 heavy (non-hydrogen) atoms. The summed E-state index contributed by atoms with van der Waals surface area (Å²) in [5, 5.41) is 8.34. The normalized spacial score (nSPS) is 13.7. The average Bonchev–Trinajstić information content (AvgIpc) is 3.61. The Kier molecular flexibility index (Phi) is 6.16. The number of aryl methyl sites for hydroxylation is 1. The average molecular weight is 494 g/mol. The topological polar surface area (TPSA) is 85.4 Å². The van der Waals surface area contributed by atoms with Crippen molar-refractivity contribution < 1.29 is 13.9 Å². The quantitative estimate of drug-likeness (QED) is 0.353. The molecule has 5 aromatic rings. The summed E-state index contributed by atoms with van der Waals surface area (Å²) in [6.07, 6.45) is 3.33. The van der Waals surface area contributed by atoms with Gasteiger partial charge in [0.25, 0.3) is 5.91 Å². The second-order valence-corrected chi connectivity index (χ2v) is 9.09. The fourth-order valence-electron chi connectivity index (χ4n) is 4.65. The maximum absolute atomic E-state index is 13.7. The van der Waals surface area contributed by atoms with Crippen LogP contribution < -0.4 is 10.2 Å². The summed E-state index contributed by atoms with van der Waals surface area (Å²) < 4.78 is 12.7. The number of aromatic nitrogens is 3. The van der Waals surface area contributed by atoms with Gasteiger partial charge in [0.1, 0.15) is 12.3 Å². The maximum Gasteiger partial charge on any atom is 0.256 e. The van der Waals surface area contributed by atoms with Gasteiger partial charge >= 0.3 is 0 Å². The number of pyridine rings is 1. The first-order chi connectivity index (χ1) is 18.2. The minimum absolute atomic E-state index is 0.204. The molecule has 1 aliphatic rings. The molecule has 0 atom stereocenters. The summed E-state index contributed by atoms with van der Waals surface area (Å²) in [5.74, 6) is 0.559. The number of morpholine rings is 1. The van der Waals surface area contributed by atoms with E-state index >= 15 is 0 Å². The number of rotatable bonds is 6. The van der Waals surface area contributed by atoms with E-state index in [9.17, 15) is 4.79 Å². The molecule has 6 rings (SSSR count). The van der Waals surface area contributed by atoms with E-state index < -0.39 is 0 Å². The highest BCUT2D eigenvalue weighted by atomic mass is 16.5. The number of nitrogens with one attached hydrogen (secondary N) is 1. The number of carbonyl (C=O) groups excluding carboxylic acids is 1. The largest absolute Gasteiger partial charge is 0.467 e. The molecule has 3 aromatic heterocycles. The molecule has 1 fully saturated rings. The number of nitrogens with zero attached hydrogens (tertiary/aromatic N) is 4. The van der Waals surface area contributed by atoms with Crippen LogP contribution in [0.5, 0.6) is 0 Å². The number of anilines is 2. The van der Waals surface area contributed by atoms with Gasteiger partial charge in [-0.15, -0.1) is 0 Å². The standard InChI is InChI=1S/C29H27N5O3/c1-20-16-22(33-11-14-36-15-12-33)9-10-26(20)32-29(35)24-17-27(21-6-3-2-4-7-21)31-28-25(24)18-30-34(28)19-23-8-5-13-37-23/h2-10,13,16-18H,11-12,14-15,19H2,1H3,(H,32,35). The van der Waals surface area contributed by atoms with Crippen molar-refractivity contribution in [3.05, 3.63) is 96.1 Å². The first-order valence-corrected chi connectivity index (χ1v) is 12.3. The van der Waals surface area contributed by atoms with Gasteiger partial charge in [-0.2, -0.15) is 5.10 Å². The van der Waals surface area contributed by atoms with Crippen LogP contribution in [0.3, 0.4) is 0 Å². The minimum atomic E-state index is -0.204. The molecule has 0 aliphatic carbocycles.